The zero-order valence-corrected chi connectivity index (χ0v) is 19.0. The highest BCUT2D eigenvalue weighted by Crippen LogP contribution is 2.34. The van der Waals surface area contributed by atoms with Gasteiger partial charge in [0.1, 0.15) is 16.7 Å². The lowest BCUT2D eigenvalue weighted by Gasteiger charge is -2.21. The molecule has 0 unspecified atom stereocenters. The van der Waals surface area contributed by atoms with Gasteiger partial charge in [-0.05, 0) is 45.1 Å². The van der Waals surface area contributed by atoms with Crippen molar-refractivity contribution in [1.82, 2.24) is 14.2 Å². The van der Waals surface area contributed by atoms with E-state index in [1.54, 1.807) is 12.1 Å². The average Bonchev–Trinajstić information content (AvgIpc) is 2.96. The van der Waals surface area contributed by atoms with Gasteiger partial charge in [0, 0.05) is 31.7 Å². The van der Waals surface area contributed by atoms with Gasteiger partial charge >= 0.3 is 0 Å². The Balaban J connectivity index is 1.95. The maximum atomic E-state index is 13.4. The lowest BCUT2D eigenvalue weighted by Crippen LogP contribution is -2.32. The van der Waals surface area contributed by atoms with Gasteiger partial charge in [0.2, 0.25) is 27.5 Å². The van der Waals surface area contributed by atoms with Gasteiger partial charge in [-0.15, -0.1) is 0 Å². The van der Waals surface area contributed by atoms with E-state index >= 15 is 0 Å². The molecule has 10 heteroatoms. The lowest BCUT2D eigenvalue weighted by atomic mass is 10.2. The maximum absolute atomic E-state index is 13.4. The highest BCUT2D eigenvalue weighted by molar-refractivity contribution is 7.89. The van der Waals surface area contributed by atoms with Gasteiger partial charge in [0.15, 0.2) is 0 Å². The molecule has 1 aromatic heterocycles. The fraction of sp³-hybridized carbons (Fsp3) is 0.524. The van der Waals surface area contributed by atoms with Crippen molar-refractivity contribution >= 4 is 15.9 Å². The number of benzene rings is 1. The predicted molar refractivity (Wildman–Crippen MR) is 117 cm³/mol. The van der Waals surface area contributed by atoms with E-state index in [1.807, 2.05) is 25.1 Å². The molecule has 0 radical (unpaired) electrons. The van der Waals surface area contributed by atoms with E-state index in [-0.39, 0.29) is 28.1 Å². The summed E-state index contributed by atoms with van der Waals surface area (Å²) in [6.07, 6.45) is 3.74. The number of oxazole rings is 1. The number of methoxy groups -OCH3 is 1. The van der Waals surface area contributed by atoms with Crippen LogP contribution in [-0.2, 0) is 10.0 Å². The molecule has 2 aromatic rings. The Morgan fingerprint density at radius 2 is 1.97 bits per heavy atom. The third kappa shape index (κ3) is 5.36. The number of likely N-dealkylation sites (N-methyl/N-ethyl adjacent to an activating group) is 1. The van der Waals surface area contributed by atoms with Gasteiger partial charge in [-0.2, -0.15) is 14.6 Å². The number of ether oxygens (including phenoxy) is 1. The first kappa shape index (κ1) is 23.1. The Hall–Kier alpha value is -2.61. The number of nitriles is 1. The van der Waals surface area contributed by atoms with Crippen LogP contribution in [0.1, 0.15) is 31.4 Å². The van der Waals surface area contributed by atoms with E-state index in [9.17, 15) is 13.7 Å². The Kier molecular flexibility index (Phi) is 7.54. The van der Waals surface area contributed by atoms with Crippen molar-refractivity contribution in [3.63, 3.8) is 0 Å². The summed E-state index contributed by atoms with van der Waals surface area (Å²) in [5, 5.41) is 12.5. The van der Waals surface area contributed by atoms with Crippen molar-refractivity contribution < 1.29 is 17.6 Å². The second kappa shape index (κ2) is 10.1. The SMILES string of the molecule is COc1ccc(-c2nc(C#N)c(NCCN(C)C)o2)cc1S(=O)(=O)N1CCCCCC1. The predicted octanol–water partition coefficient (Wildman–Crippen LogP) is 2.76. The minimum atomic E-state index is -3.74. The molecule has 0 amide bonds. The number of rotatable bonds is 8. The molecule has 9 nitrogen and oxygen atoms in total. The normalized spacial score (nSPS) is 15.5. The van der Waals surface area contributed by atoms with Gasteiger partial charge in [0.05, 0.1) is 7.11 Å². The van der Waals surface area contributed by atoms with Gasteiger partial charge in [0.25, 0.3) is 0 Å². The first-order valence-electron chi connectivity index (χ1n) is 10.3. The molecule has 0 saturated carbocycles. The first-order valence-corrected chi connectivity index (χ1v) is 11.8. The molecular formula is C21H29N5O4S. The summed E-state index contributed by atoms with van der Waals surface area (Å²) in [5.74, 6) is 0.718. The smallest absolute Gasteiger partial charge is 0.246 e. The fourth-order valence-corrected chi connectivity index (χ4v) is 5.16. The van der Waals surface area contributed by atoms with E-state index in [2.05, 4.69) is 10.3 Å². The van der Waals surface area contributed by atoms with Gasteiger partial charge in [-0.3, -0.25) is 0 Å². The van der Waals surface area contributed by atoms with Crippen LogP contribution in [0.3, 0.4) is 0 Å². The highest BCUT2D eigenvalue weighted by atomic mass is 32.2. The molecule has 0 atom stereocenters. The van der Waals surface area contributed by atoms with E-state index in [0.717, 1.165) is 32.2 Å². The molecule has 1 aliphatic rings. The van der Waals surface area contributed by atoms with Crippen molar-refractivity contribution in [3.8, 4) is 23.3 Å². The third-order valence-electron chi connectivity index (χ3n) is 5.17. The molecule has 168 valence electrons. The number of anilines is 1. The van der Waals surface area contributed by atoms with Gasteiger partial charge < -0.3 is 19.4 Å². The summed E-state index contributed by atoms with van der Waals surface area (Å²) in [5.41, 5.74) is 0.591. The maximum Gasteiger partial charge on any atom is 0.246 e. The fourth-order valence-electron chi connectivity index (χ4n) is 3.46. The zero-order valence-electron chi connectivity index (χ0n) is 18.2. The van der Waals surface area contributed by atoms with Crippen molar-refractivity contribution in [2.24, 2.45) is 0 Å². The molecule has 3 rings (SSSR count). The number of nitrogens with one attached hydrogen (secondary N) is 1. The van der Waals surface area contributed by atoms with Crippen LogP contribution < -0.4 is 10.1 Å². The number of sulfonamides is 1. The minimum Gasteiger partial charge on any atom is -0.495 e. The zero-order chi connectivity index (χ0) is 22.4. The van der Waals surface area contributed by atoms with Crippen LogP contribution in [0.25, 0.3) is 11.5 Å². The molecule has 0 spiro atoms. The second-order valence-corrected chi connectivity index (χ2v) is 9.63. The quantitative estimate of drug-likeness (QED) is 0.657. The van der Waals surface area contributed by atoms with E-state index < -0.39 is 10.0 Å². The summed E-state index contributed by atoms with van der Waals surface area (Å²) >= 11 is 0. The molecular weight excluding hydrogens is 418 g/mol. The highest BCUT2D eigenvalue weighted by Gasteiger charge is 2.29. The summed E-state index contributed by atoms with van der Waals surface area (Å²) < 4.78 is 39.4. The number of aromatic nitrogens is 1. The average molecular weight is 448 g/mol. The number of nitrogens with zero attached hydrogens (tertiary/aromatic N) is 4. The second-order valence-electron chi connectivity index (χ2n) is 7.72. The van der Waals surface area contributed by atoms with E-state index in [4.69, 9.17) is 9.15 Å². The van der Waals surface area contributed by atoms with Gasteiger partial charge in [-0.1, -0.05) is 12.8 Å². The van der Waals surface area contributed by atoms with Crippen LogP contribution in [0, 0.1) is 11.3 Å². The topological polar surface area (TPSA) is 112 Å². The summed E-state index contributed by atoms with van der Waals surface area (Å²) in [6, 6.07) is 6.80. The molecule has 1 aromatic carbocycles. The lowest BCUT2D eigenvalue weighted by molar-refractivity contribution is 0.391. The molecule has 0 aliphatic carbocycles. The van der Waals surface area contributed by atoms with Crippen LogP contribution in [0.4, 0.5) is 5.88 Å². The number of hydrogen-bond acceptors (Lipinski definition) is 8. The Bertz CT molecular complexity index is 1030. The molecule has 1 N–H and O–H groups in total. The van der Waals surface area contributed by atoms with Crippen LogP contribution in [-0.4, -0.2) is 70.0 Å². The Morgan fingerprint density at radius 3 is 2.58 bits per heavy atom. The van der Waals surface area contributed by atoms with Crippen molar-refractivity contribution in [2.45, 2.75) is 30.6 Å². The van der Waals surface area contributed by atoms with Crippen LogP contribution >= 0.6 is 0 Å². The monoisotopic (exact) mass is 447 g/mol. The van der Waals surface area contributed by atoms with Crippen molar-refractivity contribution in [3.05, 3.63) is 23.9 Å². The first-order chi connectivity index (χ1) is 14.9. The summed E-state index contributed by atoms with van der Waals surface area (Å²) in [7, 11) is 1.60. The van der Waals surface area contributed by atoms with Gasteiger partial charge in [-0.25, -0.2) is 8.42 Å². The molecule has 31 heavy (non-hydrogen) atoms. The molecule has 1 saturated heterocycles. The number of hydrogen-bond donors (Lipinski definition) is 1. The minimum absolute atomic E-state index is 0.0771. The van der Waals surface area contributed by atoms with Crippen molar-refractivity contribution in [1.29, 1.82) is 5.26 Å². The van der Waals surface area contributed by atoms with Crippen LogP contribution in [0.5, 0.6) is 5.75 Å². The molecule has 1 fully saturated rings. The summed E-state index contributed by atoms with van der Waals surface area (Å²) in [4.78, 5) is 6.33. The van der Waals surface area contributed by atoms with Crippen LogP contribution in [0.2, 0.25) is 0 Å². The summed E-state index contributed by atoms with van der Waals surface area (Å²) in [6.45, 7) is 2.32. The molecule has 2 heterocycles. The van der Waals surface area contributed by atoms with Crippen LogP contribution in [0.15, 0.2) is 27.5 Å². The van der Waals surface area contributed by atoms with Crippen molar-refractivity contribution in [2.75, 3.05) is 52.7 Å². The van der Waals surface area contributed by atoms with E-state index in [0.29, 0.717) is 25.2 Å². The Morgan fingerprint density at radius 1 is 1.26 bits per heavy atom. The van der Waals surface area contributed by atoms with E-state index in [1.165, 1.54) is 17.5 Å². The molecule has 0 bridgehead atoms. The molecule has 1 aliphatic heterocycles. The standard InChI is InChI=1S/C21H29N5O4S/c1-25(2)13-10-23-21-17(15-22)24-20(30-21)16-8-9-18(29-3)19(14-16)31(27,28)26-11-6-4-5-7-12-26/h8-9,14,23H,4-7,10-13H2,1-3H3. The Labute approximate surface area is 183 Å². The largest absolute Gasteiger partial charge is 0.495 e. The third-order valence-corrected chi connectivity index (χ3v) is 7.09.